The van der Waals surface area contributed by atoms with Crippen molar-refractivity contribution in [3.63, 3.8) is 0 Å². The summed E-state index contributed by atoms with van der Waals surface area (Å²) in [6.45, 7) is 0.935. The molecule has 0 saturated heterocycles. The molecule has 1 unspecified atom stereocenters. The number of likely N-dealkylation sites (N-methyl/N-ethyl adjacent to an activating group) is 1. The van der Waals surface area contributed by atoms with Gasteiger partial charge in [-0.05, 0) is 67.6 Å². The minimum absolute atomic E-state index is 0.0794. The first-order valence-corrected chi connectivity index (χ1v) is 12.0. The van der Waals surface area contributed by atoms with Crippen LogP contribution in [0.1, 0.15) is 48.4 Å². The van der Waals surface area contributed by atoms with E-state index in [1.54, 1.807) is 28.4 Å². The maximum Gasteiger partial charge on any atom is 0.227 e. The fourth-order valence-corrected chi connectivity index (χ4v) is 5.26. The van der Waals surface area contributed by atoms with Gasteiger partial charge >= 0.3 is 0 Å². The molecule has 4 rings (SSSR count). The molecular formula is C27H36N2O5. The highest BCUT2D eigenvalue weighted by Gasteiger charge is 2.29. The molecule has 0 bridgehead atoms. The monoisotopic (exact) mass is 468 g/mol. The second-order valence-electron chi connectivity index (χ2n) is 9.19. The van der Waals surface area contributed by atoms with Crippen LogP contribution in [0.5, 0.6) is 23.0 Å². The van der Waals surface area contributed by atoms with E-state index in [1.807, 2.05) is 12.1 Å². The number of carbonyl (C=O) groups excluding carboxylic acids is 1. The lowest BCUT2D eigenvalue weighted by Gasteiger charge is -2.36. The number of amides is 1. The van der Waals surface area contributed by atoms with Crippen LogP contribution < -0.4 is 24.3 Å². The molecule has 0 aromatic heterocycles. The predicted octanol–water partition coefficient (Wildman–Crippen LogP) is 4.62. The van der Waals surface area contributed by atoms with E-state index in [-0.39, 0.29) is 17.9 Å². The fourth-order valence-electron chi connectivity index (χ4n) is 5.26. The summed E-state index contributed by atoms with van der Waals surface area (Å²) >= 11 is 0. The predicted molar refractivity (Wildman–Crippen MR) is 132 cm³/mol. The van der Waals surface area contributed by atoms with E-state index in [0.29, 0.717) is 17.9 Å². The molecule has 34 heavy (non-hydrogen) atoms. The second-order valence-corrected chi connectivity index (χ2v) is 9.19. The lowest BCUT2D eigenvalue weighted by molar-refractivity contribution is -0.119. The van der Waals surface area contributed by atoms with Gasteiger partial charge < -0.3 is 24.3 Å². The molecule has 1 fully saturated rings. The summed E-state index contributed by atoms with van der Waals surface area (Å²) in [5.74, 6) is 2.91. The summed E-state index contributed by atoms with van der Waals surface area (Å²) in [6.07, 6.45) is 5.79. The first kappa shape index (κ1) is 24.2. The number of benzene rings is 2. The van der Waals surface area contributed by atoms with Crippen LogP contribution in [0.2, 0.25) is 0 Å². The molecule has 2 aliphatic rings. The number of nitrogens with zero attached hydrogens (tertiary/aromatic N) is 1. The molecule has 2 aromatic rings. The number of methoxy groups -OCH3 is 4. The van der Waals surface area contributed by atoms with Crippen LogP contribution in [0.3, 0.4) is 0 Å². The van der Waals surface area contributed by atoms with Gasteiger partial charge in [-0.15, -0.1) is 0 Å². The van der Waals surface area contributed by atoms with Crippen molar-refractivity contribution in [2.45, 2.75) is 44.6 Å². The molecule has 1 aliphatic heterocycles. The van der Waals surface area contributed by atoms with E-state index < -0.39 is 0 Å². The molecule has 7 heteroatoms. The third kappa shape index (κ3) is 4.80. The maximum atomic E-state index is 13.0. The first-order valence-electron chi connectivity index (χ1n) is 12.0. The summed E-state index contributed by atoms with van der Waals surface area (Å²) in [5.41, 5.74) is 4.28. The average molecular weight is 469 g/mol. The van der Waals surface area contributed by atoms with E-state index in [2.05, 4.69) is 29.4 Å². The summed E-state index contributed by atoms with van der Waals surface area (Å²) in [5, 5.41) is 3.21. The zero-order valence-corrected chi connectivity index (χ0v) is 20.9. The Bertz CT molecular complexity index is 1030. The zero-order chi connectivity index (χ0) is 24.2. The largest absolute Gasteiger partial charge is 0.493 e. The van der Waals surface area contributed by atoms with Gasteiger partial charge in [0.2, 0.25) is 5.91 Å². The number of nitrogens with one attached hydrogen (secondary N) is 1. The molecule has 184 valence electrons. The Morgan fingerprint density at radius 1 is 0.912 bits per heavy atom. The third-order valence-corrected chi connectivity index (χ3v) is 7.28. The number of hydrogen-bond acceptors (Lipinski definition) is 6. The fraction of sp³-hybridized carbons (Fsp3) is 0.519. The third-order valence-electron chi connectivity index (χ3n) is 7.28. The summed E-state index contributed by atoms with van der Waals surface area (Å²) in [7, 11) is 8.72. The highest BCUT2D eigenvalue weighted by molar-refractivity contribution is 5.94. The topological polar surface area (TPSA) is 69.3 Å². The molecular weight excluding hydrogens is 432 g/mol. The summed E-state index contributed by atoms with van der Waals surface area (Å²) in [4.78, 5) is 15.4. The van der Waals surface area contributed by atoms with Crippen molar-refractivity contribution in [2.24, 2.45) is 5.92 Å². The zero-order valence-electron chi connectivity index (χ0n) is 20.9. The highest BCUT2D eigenvalue weighted by atomic mass is 16.5. The molecule has 1 heterocycles. The van der Waals surface area contributed by atoms with Crippen molar-refractivity contribution < 1.29 is 23.7 Å². The van der Waals surface area contributed by atoms with Crippen LogP contribution in [0.25, 0.3) is 0 Å². The van der Waals surface area contributed by atoms with E-state index >= 15 is 0 Å². The van der Waals surface area contributed by atoms with Gasteiger partial charge in [0.15, 0.2) is 23.0 Å². The van der Waals surface area contributed by atoms with Crippen molar-refractivity contribution in [1.82, 2.24) is 4.90 Å². The smallest absolute Gasteiger partial charge is 0.227 e. The standard InChI is InChI=1S/C27H36N2O5/c1-29-11-10-18-13-23(31-2)25(33-4)15-20(18)22(29)12-19-14-24(32-3)26(34-5)16-21(19)28-27(30)17-8-6-7-9-17/h13-17,22H,6-12H2,1-5H3,(H,28,30). The van der Waals surface area contributed by atoms with Crippen molar-refractivity contribution in [2.75, 3.05) is 47.3 Å². The number of fused-ring (bicyclic) bond motifs is 1. The van der Waals surface area contributed by atoms with Crippen molar-refractivity contribution in [3.8, 4) is 23.0 Å². The van der Waals surface area contributed by atoms with Crippen LogP contribution in [0.15, 0.2) is 24.3 Å². The van der Waals surface area contributed by atoms with Gasteiger partial charge in [-0.3, -0.25) is 9.69 Å². The van der Waals surface area contributed by atoms with Crippen molar-refractivity contribution in [1.29, 1.82) is 0 Å². The minimum Gasteiger partial charge on any atom is -0.493 e. The van der Waals surface area contributed by atoms with Gasteiger partial charge in [0.05, 0.1) is 28.4 Å². The Labute approximate surface area is 202 Å². The number of ether oxygens (including phenoxy) is 4. The van der Waals surface area contributed by atoms with E-state index in [4.69, 9.17) is 18.9 Å². The number of hydrogen-bond donors (Lipinski definition) is 1. The van der Waals surface area contributed by atoms with Crippen LogP contribution >= 0.6 is 0 Å². The van der Waals surface area contributed by atoms with Crippen molar-refractivity contribution >= 4 is 11.6 Å². The van der Waals surface area contributed by atoms with E-state index in [1.165, 1.54) is 11.1 Å². The number of rotatable bonds is 8. The van der Waals surface area contributed by atoms with Crippen molar-refractivity contribution in [3.05, 3.63) is 41.0 Å². The van der Waals surface area contributed by atoms with Crippen LogP contribution in [0.4, 0.5) is 5.69 Å². The van der Waals surface area contributed by atoms with Crippen LogP contribution in [-0.4, -0.2) is 52.8 Å². The Morgan fingerprint density at radius 3 is 2.15 bits per heavy atom. The molecule has 1 N–H and O–H groups in total. The Morgan fingerprint density at radius 2 is 1.50 bits per heavy atom. The van der Waals surface area contributed by atoms with E-state index in [9.17, 15) is 4.79 Å². The molecule has 1 aliphatic carbocycles. The molecule has 2 aromatic carbocycles. The van der Waals surface area contributed by atoms with Gasteiger partial charge in [-0.25, -0.2) is 0 Å². The molecule has 7 nitrogen and oxygen atoms in total. The Hall–Kier alpha value is -2.93. The average Bonchev–Trinajstić information content (AvgIpc) is 3.40. The molecule has 0 spiro atoms. The first-order chi connectivity index (χ1) is 16.5. The van der Waals surface area contributed by atoms with Gasteiger partial charge in [-0.1, -0.05) is 12.8 Å². The Balaban J connectivity index is 1.72. The lowest BCUT2D eigenvalue weighted by Crippen LogP contribution is -2.33. The second kappa shape index (κ2) is 10.6. The van der Waals surface area contributed by atoms with E-state index in [0.717, 1.165) is 61.4 Å². The van der Waals surface area contributed by atoms with Gasteiger partial charge in [0, 0.05) is 30.3 Å². The maximum absolute atomic E-state index is 13.0. The van der Waals surface area contributed by atoms with Crippen LogP contribution in [0, 0.1) is 5.92 Å². The summed E-state index contributed by atoms with van der Waals surface area (Å²) < 4.78 is 22.3. The molecule has 1 amide bonds. The highest BCUT2D eigenvalue weighted by Crippen LogP contribution is 2.42. The number of carbonyl (C=O) groups is 1. The van der Waals surface area contributed by atoms with Gasteiger partial charge in [-0.2, -0.15) is 0 Å². The quantitative estimate of drug-likeness (QED) is 0.610. The Kier molecular flexibility index (Phi) is 7.51. The summed E-state index contributed by atoms with van der Waals surface area (Å²) in [6, 6.07) is 8.17. The molecule has 1 atom stereocenters. The normalized spacial score (nSPS) is 18.3. The number of anilines is 1. The van der Waals surface area contributed by atoms with Gasteiger partial charge in [0.25, 0.3) is 0 Å². The van der Waals surface area contributed by atoms with Gasteiger partial charge in [0.1, 0.15) is 0 Å². The van der Waals surface area contributed by atoms with Crippen LogP contribution in [-0.2, 0) is 17.6 Å². The molecule has 0 radical (unpaired) electrons. The minimum atomic E-state index is 0.0794. The lowest BCUT2D eigenvalue weighted by atomic mass is 9.88. The molecule has 1 saturated carbocycles. The SMILES string of the molecule is COc1cc(CC2c3cc(OC)c(OC)cc3CCN2C)c(NC(=O)C2CCCC2)cc1OC.